The minimum absolute atomic E-state index is 0.120. The van der Waals surface area contributed by atoms with Gasteiger partial charge in [0.25, 0.3) is 6.47 Å². The lowest BCUT2D eigenvalue weighted by Crippen LogP contribution is -2.17. The molecule has 0 fully saturated rings. The highest BCUT2D eigenvalue weighted by molar-refractivity contribution is 5.51. The number of hydrazine groups is 1. The Balaban J connectivity index is 0.000000399. The number of alkyl halides is 3. The second kappa shape index (κ2) is 6.98. The molecule has 1 rings (SSSR count). The number of carbonyl (C=O) groups excluding carboxylic acids is 1. The molecule has 0 aliphatic heterocycles. The summed E-state index contributed by atoms with van der Waals surface area (Å²) in [6.07, 6.45) is -4.36. The third kappa shape index (κ3) is 7.30. The monoisotopic (exact) mass is 278 g/mol. The second-order valence-corrected chi connectivity index (χ2v) is 4.51. The van der Waals surface area contributed by atoms with Gasteiger partial charge in [-0.15, -0.1) is 0 Å². The molecule has 0 amide bonds. The fraction of sp³-hybridized carbons (Fsp3) is 0.417. The summed E-state index contributed by atoms with van der Waals surface area (Å²) in [7, 11) is 0. The van der Waals surface area contributed by atoms with E-state index in [4.69, 9.17) is 5.84 Å². The summed E-state index contributed by atoms with van der Waals surface area (Å²) in [5, 5.41) is 0. The van der Waals surface area contributed by atoms with Gasteiger partial charge in [-0.1, -0.05) is 12.1 Å². The van der Waals surface area contributed by atoms with Crippen molar-refractivity contribution in [1.82, 2.24) is 0 Å². The van der Waals surface area contributed by atoms with Gasteiger partial charge in [-0.2, -0.15) is 13.2 Å². The molecule has 0 aliphatic carbocycles. The summed E-state index contributed by atoms with van der Waals surface area (Å²) in [4.78, 5) is 9.60. The highest BCUT2D eigenvalue weighted by atomic mass is 19.4. The molecule has 0 heterocycles. The molecule has 4 nitrogen and oxygen atoms in total. The molecule has 0 spiro atoms. The zero-order valence-electron chi connectivity index (χ0n) is 10.9. The van der Waals surface area contributed by atoms with Gasteiger partial charge in [0.05, 0.1) is 11.3 Å². The second-order valence-electron chi connectivity index (χ2n) is 4.51. The smallest absolute Gasteiger partial charge is 0.418 e. The molecule has 19 heavy (non-hydrogen) atoms. The Bertz CT molecular complexity index is 401. The van der Waals surface area contributed by atoms with Crippen molar-refractivity contribution in [2.24, 2.45) is 5.84 Å². The topological polar surface area (TPSA) is 64.3 Å². The minimum Gasteiger partial charge on any atom is -0.462 e. The van der Waals surface area contributed by atoms with Gasteiger partial charge >= 0.3 is 6.18 Å². The van der Waals surface area contributed by atoms with E-state index in [0.717, 1.165) is 6.07 Å². The molecule has 1 aromatic rings. The van der Waals surface area contributed by atoms with Crippen molar-refractivity contribution in [3.63, 3.8) is 0 Å². The average Bonchev–Trinajstić information content (AvgIpc) is 2.27. The zero-order valence-corrected chi connectivity index (χ0v) is 10.9. The molecule has 1 aromatic carbocycles. The van der Waals surface area contributed by atoms with E-state index >= 15 is 0 Å². The molecule has 3 N–H and O–H groups in total. The molecule has 0 saturated carbocycles. The Morgan fingerprint density at radius 1 is 1.21 bits per heavy atom. The molecule has 0 atom stereocenters. The van der Waals surface area contributed by atoms with E-state index in [0.29, 0.717) is 6.47 Å². The van der Waals surface area contributed by atoms with E-state index in [1.165, 1.54) is 18.2 Å². The van der Waals surface area contributed by atoms with Gasteiger partial charge in [0.2, 0.25) is 0 Å². The molecular formula is C12H17F3N2O2. The number of hydrogen-bond donors (Lipinski definition) is 2. The number of nitrogens with two attached hydrogens (primary N) is 1. The predicted octanol–water partition coefficient (Wildman–Crippen LogP) is 2.95. The molecule has 0 radical (unpaired) electrons. The van der Waals surface area contributed by atoms with Crippen molar-refractivity contribution < 1.29 is 22.7 Å². The summed E-state index contributed by atoms with van der Waals surface area (Å²) < 4.78 is 41.0. The van der Waals surface area contributed by atoms with E-state index in [9.17, 15) is 18.0 Å². The van der Waals surface area contributed by atoms with Crippen LogP contribution in [0.3, 0.4) is 0 Å². The van der Waals surface area contributed by atoms with Gasteiger partial charge in [0.1, 0.15) is 5.60 Å². The van der Waals surface area contributed by atoms with E-state index in [1.807, 2.05) is 26.2 Å². The maximum atomic E-state index is 12.1. The van der Waals surface area contributed by atoms with Crippen molar-refractivity contribution in [3.05, 3.63) is 29.8 Å². The summed E-state index contributed by atoms with van der Waals surface area (Å²) in [6.45, 7) is 5.92. The lowest BCUT2D eigenvalue weighted by molar-refractivity contribution is -0.139. The molecular weight excluding hydrogens is 261 g/mol. The summed E-state index contributed by atoms with van der Waals surface area (Å²) in [5.41, 5.74) is 0.787. The van der Waals surface area contributed by atoms with E-state index in [-0.39, 0.29) is 11.3 Å². The van der Waals surface area contributed by atoms with Crippen LogP contribution >= 0.6 is 0 Å². The van der Waals surface area contributed by atoms with Crippen LogP contribution in [0.4, 0.5) is 18.9 Å². The molecule has 108 valence electrons. The van der Waals surface area contributed by atoms with Crippen LogP contribution in [0.1, 0.15) is 26.3 Å². The fourth-order valence-electron chi connectivity index (χ4n) is 1.00. The Morgan fingerprint density at radius 3 is 2.00 bits per heavy atom. The van der Waals surface area contributed by atoms with Crippen LogP contribution in [-0.2, 0) is 15.7 Å². The van der Waals surface area contributed by atoms with Crippen LogP contribution in [0.5, 0.6) is 0 Å². The van der Waals surface area contributed by atoms with Crippen molar-refractivity contribution >= 4 is 12.2 Å². The summed E-state index contributed by atoms with van der Waals surface area (Å²) >= 11 is 0. The quantitative estimate of drug-likeness (QED) is 0.496. The molecule has 0 aromatic heterocycles. The first kappa shape index (κ1) is 17.2. The van der Waals surface area contributed by atoms with Gasteiger partial charge in [0, 0.05) is 0 Å². The van der Waals surface area contributed by atoms with Gasteiger partial charge in [-0.25, -0.2) is 0 Å². The Kier molecular flexibility index (Phi) is 6.34. The minimum atomic E-state index is -4.36. The standard InChI is InChI=1S/C7H7F3N2.C5H10O2/c8-7(9,10)5-3-1-2-4-6(5)12-11;1-5(2,3)7-4-6/h1-4,12H,11H2;4H,1-3H3. The Morgan fingerprint density at radius 2 is 1.74 bits per heavy atom. The first-order valence-electron chi connectivity index (χ1n) is 5.36. The number of hydrogen-bond acceptors (Lipinski definition) is 4. The Hall–Kier alpha value is -1.76. The number of nitrogens with one attached hydrogen (secondary N) is 1. The number of rotatable bonds is 2. The molecule has 0 unspecified atom stereocenters. The lowest BCUT2D eigenvalue weighted by Gasteiger charge is -2.14. The molecule has 0 bridgehead atoms. The first-order chi connectivity index (χ1) is 8.61. The number of para-hydroxylation sites is 1. The summed E-state index contributed by atoms with van der Waals surface area (Å²) in [5.74, 6) is 4.90. The maximum absolute atomic E-state index is 12.1. The predicted molar refractivity (Wildman–Crippen MR) is 66.2 cm³/mol. The van der Waals surface area contributed by atoms with Crippen LogP contribution in [0.2, 0.25) is 0 Å². The number of ether oxygens (including phenoxy) is 1. The SMILES string of the molecule is CC(C)(C)OC=O.NNc1ccccc1C(F)(F)F. The van der Waals surface area contributed by atoms with E-state index < -0.39 is 11.7 Å². The number of nitrogen functional groups attached to an aromatic ring is 1. The number of carbonyl (C=O) groups is 1. The third-order valence-electron chi connectivity index (χ3n) is 1.79. The van der Waals surface area contributed by atoms with Crippen LogP contribution in [-0.4, -0.2) is 12.1 Å². The summed E-state index contributed by atoms with van der Waals surface area (Å²) in [6, 6.07) is 5.02. The highest BCUT2D eigenvalue weighted by Gasteiger charge is 2.32. The van der Waals surface area contributed by atoms with Crippen LogP contribution in [0.15, 0.2) is 24.3 Å². The molecule has 7 heteroatoms. The van der Waals surface area contributed by atoms with Crippen molar-refractivity contribution in [3.8, 4) is 0 Å². The van der Waals surface area contributed by atoms with Gasteiger partial charge in [-0.05, 0) is 32.9 Å². The largest absolute Gasteiger partial charge is 0.462 e. The lowest BCUT2D eigenvalue weighted by atomic mass is 10.2. The first-order valence-corrected chi connectivity index (χ1v) is 5.36. The van der Waals surface area contributed by atoms with Crippen LogP contribution < -0.4 is 11.3 Å². The van der Waals surface area contributed by atoms with Crippen molar-refractivity contribution in [1.29, 1.82) is 0 Å². The maximum Gasteiger partial charge on any atom is 0.418 e. The molecule has 0 aliphatic rings. The van der Waals surface area contributed by atoms with Crippen molar-refractivity contribution in [2.75, 3.05) is 5.43 Å². The third-order valence-corrected chi connectivity index (χ3v) is 1.79. The molecule has 0 saturated heterocycles. The van der Waals surface area contributed by atoms with Crippen molar-refractivity contribution in [2.45, 2.75) is 32.5 Å². The van der Waals surface area contributed by atoms with E-state index in [2.05, 4.69) is 4.74 Å². The van der Waals surface area contributed by atoms with E-state index in [1.54, 1.807) is 0 Å². The fourth-order valence-corrected chi connectivity index (χ4v) is 1.00. The number of anilines is 1. The van der Waals surface area contributed by atoms with Crippen LogP contribution in [0.25, 0.3) is 0 Å². The number of benzene rings is 1. The van der Waals surface area contributed by atoms with Crippen LogP contribution in [0, 0.1) is 0 Å². The zero-order chi connectivity index (χ0) is 15.1. The van der Waals surface area contributed by atoms with Gasteiger partial charge in [-0.3, -0.25) is 10.6 Å². The normalized spacial score (nSPS) is 11.1. The number of halogens is 3. The Labute approximate surface area is 109 Å². The average molecular weight is 278 g/mol. The highest BCUT2D eigenvalue weighted by Crippen LogP contribution is 2.33. The van der Waals surface area contributed by atoms with Gasteiger partial charge < -0.3 is 10.2 Å². The van der Waals surface area contributed by atoms with Gasteiger partial charge in [0.15, 0.2) is 0 Å².